The molecule has 1 fully saturated rings. The summed E-state index contributed by atoms with van der Waals surface area (Å²) in [7, 11) is 1.57. The van der Waals surface area contributed by atoms with Crippen LogP contribution >= 0.6 is 0 Å². The molecule has 0 aromatic heterocycles. The second-order valence-electron chi connectivity index (χ2n) is 3.49. The predicted molar refractivity (Wildman–Crippen MR) is 42.6 cm³/mol. The molecule has 72 valence electrons. The van der Waals surface area contributed by atoms with Gasteiger partial charge in [-0.25, -0.2) is 0 Å². The maximum atomic E-state index is 9.54. The van der Waals surface area contributed by atoms with Crippen molar-refractivity contribution in [1.29, 1.82) is 0 Å². The summed E-state index contributed by atoms with van der Waals surface area (Å²) in [5, 5.41) is 27.6. The van der Waals surface area contributed by atoms with E-state index in [1.54, 1.807) is 7.11 Å². The fourth-order valence-corrected chi connectivity index (χ4v) is 1.74. The van der Waals surface area contributed by atoms with Crippen LogP contribution in [0.5, 0.6) is 0 Å². The Labute approximate surface area is 71.8 Å². The monoisotopic (exact) mass is 176 g/mol. The maximum Gasteiger partial charge on any atom is 0.0666 e. The van der Waals surface area contributed by atoms with Crippen LogP contribution in [0.15, 0.2) is 0 Å². The lowest BCUT2D eigenvalue weighted by atomic mass is 9.86. The Morgan fingerprint density at radius 2 is 2.00 bits per heavy atom. The average molecular weight is 176 g/mol. The topological polar surface area (TPSA) is 69.9 Å². The van der Waals surface area contributed by atoms with Gasteiger partial charge >= 0.3 is 0 Å². The highest BCUT2D eigenvalue weighted by atomic mass is 16.5. The van der Waals surface area contributed by atoms with Crippen molar-refractivity contribution >= 4 is 0 Å². The van der Waals surface area contributed by atoms with E-state index < -0.39 is 11.5 Å². The molecule has 1 rings (SSSR count). The van der Waals surface area contributed by atoms with Crippen LogP contribution in [0.25, 0.3) is 0 Å². The number of aliphatic hydroxyl groups is 3. The normalized spacial score (nSPS) is 34.0. The third-order valence-corrected chi connectivity index (χ3v) is 2.79. The van der Waals surface area contributed by atoms with E-state index in [0.29, 0.717) is 12.8 Å². The molecule has 0 aromatic carbocycles. The zero-order valence-electron chi connectivity index (χ0n) is 7.23. The summed E-state index contributed by atoms with van der Waals surface area (Å²) in [5.74, 6) is 0. The molecule has 12 heavy (non-hydrogen) atoms. The molecule has 0 radical (unpaired) electrons. The van der Waals surface area contributed by atoms with E-state index in [4.69, 9.17) is 14.9 Å². The highest BCUT2D eigenvalue weighted by Crippen LogP contribution is 2.38. The van der Waals surface area contributed by atoms with Crippen LogP contribution in [-0.2, 0) is 4.74 Å². The van der Waals surface area contributed by atoms with Crippen LogP contribution in [0.2, 0.25) is 0 Å². The molecular formula is C8H16O4. The zero-order chi connectivity index (χ0) is 9.19. The van der Waals surface area contributed by atoms with Gasteiger partial charge < -0.3 is 20.1 Å². The van der Waals surface area contributed by atoms with Crippen LogP contribution < -0.4 is 0 Å². The lowest BCUT2D eigenvalue weighted by Crippen LogP contribution is -2.37. The molecule has 0 saturated heterocycles. The van der Waals surface area contributed by atoms with E-state index in [2.05, 4.69) is 0 Å². The second-order valence-corrected chi connectivity index (χ2v) is 3.49. The first-order valence-electron chi connectivity index (χ1n) is 4.11. The van der Waals surface area contributed by atoms with Crippen molar-refractivity contribution in [1.82, 2.24) is 0 Å². The first kappa shape index (κ1) is 9.92. The number of hydrogen-bond acceptors (Lipinski definition) is 4. The first-order chi connectivity index (χ1) is 5.68. The van der Waals surface area contributed by atoms with Crippen LogP contribution in [0.3, 0.4) is 0 Å². The minimum absolute atomic E-state index is 0.0423. The molecule has 0 amide bonds. The van der Waals surface area contributed by atoms with Crippen molar-refractivity contribution in [3.05, 3.63) is 0 Å². The molecule has 4 nitrogen and oxygen atoms in total. The molecule has 0 unspecified atom stereocenters. The highest BCUT2D eigenvalue weighted by Gasteiger charge is 2.46. The standard InChI is InChI=1S/C8H16O4/c1-12-6-2-7(11)8(3-6,4-9)5-10/h6-7,9-11H,2-5H2,1H3/t6-,7-/m1/s1. The molecule has 1 aliphatic rings. The van der Waals surface area contributed by atoms with Gasteiger partial charge in [-0.3, -0.25) is 0 Å². The van der Waals surface area contributed by atoms with E-state index in [-0.39, 0.29) is 19.3 Å². The fraction of sp³-hybridized carbons (Fsp3) is 1.00. The van der Waals surface area contributed by atoms with E-state index >= 15 is 0 Å². The quantitative estimate of drug-likeness (QED) is 0.522. The van der Waals surface area contributed by atoms with E-state index in [1.165, 1.54) is 0 Å². The van der Waals surface area contributed by atoms with Gasteiger partial charge in [0.05, 0.1) is 25.4 Å². The number of methoxy groups -OCH3 is 1. The fourth-order valence-electron chi connectivity index (χ4n) is 1.74. The van der Waals surface area contributed by atoms with Crippen molar-refractivity contribution in [2.24, 2.45) is 5.41 Å². The smallest absolute Gasteiger partial charge is 0.0666 e. The summed E-state index contributed by atoms with van der Waals surface area (Å²) in [6.07, 6.45) is 0.326. The van der Waals surface area contributed by atoms with Crippen LogP contribution in [-0.4, -0.2) is 47.9 Å². The first-order valence-corrected chi connectivity index (χ1v) is 4.11. The summed E-state index contributed by atoms with van der Waals surface area (Å²) in [4.78, 5) is 0. The minimum atomic E-state index is -0.749. The van der Waals surface area contributed by atoms with Gasteiger partial charge in [0, 0.05) is 18.9 Å². The van der Waals surface area contributed by atoms with Crippen LogP contribution in [0.4, 0.5) is 0 Å². The van der Waals surface area contributed by atoms with Crippen molar-refractivity contribution in [2.45, 2.75) is 25.0 Å². The highest BCUT2D eigenvalue weighted by molar-refractivity contribution is 4.96. The summed E-state index contributed by atoms with van der Waals surface area (Å²) in [5.41, 5.74) is -0.749. The van der Waals surface area contributed by atoms with Crippen molar-refractivity contribution in [3.8, 4) is 0 Å². The molecule has 1 saturated carbocycles. The lowest BCUT2D eigenvalue weighted by molar-refractivity contribution is -0.0326. The van der Waals surface area contributed by atoms with Gasteiger partial charge in [0.25, 0.3) is 0 Å². The van der Waals surface area contributed by atoms with Gasteiger partial charge in [0.2, 0.25) is 0 Å². The number of ether oxygens (including phenoxy) is 1. The Bertz CT molecular complexity index is 144. The summed E-state index contributed by atoms with van der Waals surface area (Å²) < 4.78 is 5.06. The summed E-state index contributed by atoms with van der Waals surface area (Å²) >= 11 is 0. The molecule has 0 aromatic rings. The maximum absolute atomic E-state index is 9.54. The number of aliphatic hydroxyl groups excluding tert-OH is 3. The average Bonchev–Trinajstić information content (AvgIpc) is 2.43. The molecule has 0 aliphatic heterocycles. The SMILES string of the molecule is CO[C@@H]1C[C@@H](O)C(CO)(CO)C1. The van der Waals surface area contributed by atoms with Gasteiger partial charge in [-0.15, -0.1) is 0 Å². The van der Waals surface area contributed by atoms with Crippen molar-refractivity contribution in [2.75, 3.05) is 20.3 Å². The van der Waals surface area contributed by atoms with Crippen molar-refractivity contribution < 1.29 is 20.1 Å². The third kappa shape index (κ3) is 1.47. The third-order valence-electron chi connectivity index (χ3n) is 2.79. The van der Waals surface area contributed by atoms with Gasteiger partial charge in [0.15, 0.2) is 0 Å². The van der Waals surface area contributed by atoms with Crippen LogP contribution in [0, 0.1) is 5.41 Å². The number of hydrogen-bond donors (Lipinski definition) is 3. The van der Waals surface area contributed by atoms with Gasteiger partial charge in [-0.1, -0.05) is 0 Å². The molecule has 0 heterocycles. The molecule has 3 N–H and O–H groups in total. The number of rotatable bonds is 3. The Hall–Kier alpha value is -0.160. The Balaban J connectivity index is 2.65. The Morgan fingerprint density at radius 1 is 1.42 bits per heavy atom. The molecule has 0 spiro atoms. The van der Waals surface area contributed by atoms with Crippen molar-refractivity contribution in [3.63, 3.8) is 0 Å². The molecular weight excluding hydrogens is 160 g/mol. The molecule has 2 atom stereocenters. The second kappa shape index (κ2) is 3.70. The largest absolute Gasteiger partial charge is 0.396 e. The summed E-state index contributed by atoms with van der Waals surface area (Å²) in [6.45, 7) is -0.380. The van der Waals surface area contributed by atoms with Crippen LogP contribution in [0.1, 0.15) is 12.8 Å². The van der Waals surface area contributed by atoms with E-state index in [1.807, 2.05) is 0 Å². The van der Waals surface area contributed by atoms with E-state index in [0.717, 1.165) is 0 Å². The van der Waals surface area contributed by atoms with Gasteiger partial charge in [-0.2, -0.15) is 0 Å². The molecule has 1 aliphatic carbocycles. The van der Waals surface area contributed by atoms with Gasteiger partial charge in [-0.05, 0) is 6.42 Å². The lowest BCUT2D eigenvalue weighted by Gasteiger charge is -2.27. The molecule has 0 bridgehead atoms. The Kier molecular flexibility index (Phi) is 3.06. The Morgan fingerprint density at radius 3 is 2.25 bits per heavy atom. The minimum Gasteiger partial charge on any atom is -0.396 e. The van der Waals surface area contributed by atoms with E-state index in [9.17, 15) is 5.11 Å². The predicted octanol–water partition coefficient (Wildman–Crippen LogP) is -0.873. The zero-order valence-corrected chi connectivity index (χ0v) is 7.23. The van der Waals surface area contributed by atoms with Gasteiger partial charge in [0.1, 0.15) is 0 Å². The summed E-state index contributed by atoms with van der Waals surface area (Å²) in [6, 6.07) is 0. The molecule has 4 heteroatoms.